The fourth-order valence-corrected chi connectivity index (χ4v) is 3.04. The van der Waals surface area contributed by atoms with Crippen LogP contribution in [0, 0.1) is 0 Å². The number of aliphatic imine (C=N–C) groups is 1. The quantitative estimate of drug-likeness (QED) is 0.216. The predicted molar refractivity (Wildman–Crippen MR) is 110 cm³/mol. The fourth-order valence-electron chi connectivity index (χ4n) is 3.04. The Kier molecular flexibility index (Phi) is 10.6. The van der Waals surface area contributed by atoms with Gasteiger partial charge in [-0.15, -0.1) is 24.0 Å². The molecule has 24 heavy (non-hydrogen) atoms. The van der Waals surface area contributed by atoms with Crippen molar-refractivity contribution >= 4 is 35.8 Å². The molecular formula is C17H34IN5O. The van der Waals surface area contributed by atoms with Crippen LogP contribution < -0.4 is 16.0 Å². The number of rotatable bonds is 9. The molecule has 0 spiro atoms. The van der Waals surface area contributed by atoms with Gasteiger partial charge in [0.2, 0.25) is 5.91 Å². The molecule has 1 aliphatic carbocycles. The summed E-state index contributed by atoms with van der Waals surface area (Å²) in [5.74, 6) is 1.05. The third kappa shape index (κ3) is 8.00. The zero-order chi connectivity index (χ0) is 16.5. The largest absolute Gasteiger partial charge is 0.357 e. The molecule has 3 N–H and O–H groups in total. The van der Waals surface area contributed by atoms with E-state index in [0.29, 0.717) is 18.5 Å². The van der Waals surface area contributed by atoms with Gasteiger partial charge in [0.05, 0.1) is 6.54 Å². The monoisotopic (exact) mass is 451 g/mol. The molecule has 0 bridgehead atoms. The van der Waals surface area contributed by atoms with Crippen LogP contribution in [0.25, 0.3) is 0 Å². The Hall–Kier alpha value is -0.570. The zero-order valence-corrected chi connectivity index (χ0v) is 17.5. The number of carbonyl (C=O) groups is 1. The summed E-state index contributed by atoms with van der Waals surface area (Å²) in [5, 5.41) is 9.65. The summed E-state index contributed by atoms with van der Waals surface area (Å²) in [4.78, 5) is 18.9. The van der Waals surface area contributed by atoms with Crippen molar-refractivity contribution in [3.05, 3.63) is 0 Å². The first-order valence-electron chi connectivity index (χ1n) is 9.28. The molecule has 2 rings (SSSR count). The Morgan fingerprint density at radius 3 is 2.67 bits per heavy atom. The van der Waals surface area contributed by atoms with E-state index in [-0.39, 0.29) is 29.9 Å². The van der Waals surface area contributed by atoms with Gasteiger partial charge in [-0.05, 0) is 52.1 Å². The second-order valence-electron chi connectivity index (χ2n) is 6.52. The van der Waals surface area contributed by atoms with Crippen LogP contribution in [0.2, 0.25) is 0 Å². The van der Waals surface area contributed by atoms with Gasteiger partial charge in [0, 0.05) is 31.6 Å². The first kappa shape index (κ1) is 21.5. The second kappa shape index (κ2) is 11.9. The van der Waals surface area contributed by atoms with Crippen LogP contribution in [0.3, 0.4) is 0 Å². The molecule has 1 unspecified atom stereocenters. The Morgan fingerprint density at radius 1 is 1.21 bits per heavy atom. The standard InChI is InChI=1S/C17H33N5O.HI/c1-3-18-17(20-13-15-7-6-12-22(15)4-2)19-11-5-8-16(23)21-14-9-10-14;/h14-15H,3-13H2,1-2H3,(H,21,23)(H2,18,19,20);1H. The van der Waals surface area contributed by atoms with Crippen LogP contribution in [-0.2, 0) is 4.79 Å². The van der Waals surface area contributed by atoms with Crippen molar-refractivity contribution in [3.63, 3.8) is 0 Å². The van der Waals surface area contributed by atoms with Gasteiger partial charge in [-0.25, -0.2) is 0 Å². The van der Waals surface area contributed by atoms with E-state index in [9.17, 15) is 4.79 Å². The summed E-state index contributed by atoms with van der Waals surface area (Å²) in [6.45, 7) is 9.11. The van der Waals surface area contributed by atoms with E-state index in [2.05, 4.69) is 34.7 Å². The number of halogens is 1. The molecule has 2 fully saturated rings. The summed E-state index contributed by atoms with van der Waals surface area (Å²) in [5.41, 5.74) is 0. The van der Waals surface area contributed by atoms with Gasteiger partial charge in [-0.1, -0.05) is 6.92 Å². The summed E-state index contributed by atoms with van der Waals surface area (Å²) in [6.07, 6.45) is 6.27. The number of carbonyl (C=O) groups excluding carboxylic acids is 1. The number of guanidine groups is 1. The van der Waals surface area contributed by atoms with Crippen LogP contribution in [0.4, 0.5) is 0 Å². The maximum atomic E-state index is 11.6. The lowest BCUT2D eigenvalue weighted by molar-refractivity contribution is -0.121. The van der Waals surface area contributed by atoms with Crippen molar-refractivity contribution < 1.29 is 4.79 Å². The van der Waals surface area contributed by atoms with E-state index >= 15 is 0 Å². The molecule has 0 radical (unpaired) electrons. The van der Waals surface area contributed by atoms with E-state index < -0.39 is 0 Å². The highest BCUT2D eigenvalue weighted by Gasteiger charge is 2.23. The molecule has 7 heteroatoms. The highest BCUT2D eigenvalue weighted by atomic mass is 127. The number of nitrogens with one attached hydrogen (secondary N) is 3. The third-order valence-electron chi connectivity index (χ3n) is 4.53. The van der Waals surface area contributed by atoms with Crippen LogP contribution in [-0.4, -0.2) is 61.6 Å². The molecule has 1 atom stereocenters. The highest BCUT2D eigenvalue weighted by molar-refractivity contribution is 14.0. The molecule has 6 nitrogen and oxygen atoms in total. The van der Waals surface area contributed by atoms with Crippen LogP contribution in [0.15, 0.2) is 4.99 Å². The van der Waals surface area contributed by atoms with Crippen molar-refractivity contribution in [1.29, 1.82) is 0 Å². The van der Waals surface area contributed by atoms with Crippen molar-refractivity contribution in [3.8, 4) is 0 Å². The van der Waals surface area contributed by atoms with E-state index in [1.54, 1.807) is 0 Å². The van der Waals surface area contributed by atoms with Crippen molar-refractivity contribution in [1.82, 2.24) is 20.9 Å². The molecule has 0 aromatic carbocycles. The van der Waals surface area contributed by atoms with Crippen LogP contribution in [0.1, 0.15) is 52.4 Å². The number of hydrogen-bond donors (Lipinski definition) is 3. The SMILES string of the molecule is CCNC(=NCC1CCCN1CC)NCCCC(=O)NC1CC1.I. The first-order chi connectivity index (χ1) is 11.2. The fraction of sp³-hybridized carbons (Fsp3) is 0.882. The lowest BCUT2D eigenvalue weighted by atomic mass is 10.2. The molecule has 1 aliphatic heterocycles. The summed E-state index contributed by atoms with van der Waals surface area (Å²) >= 11 is 0. The summed E-state index contributed by atoms with van der Waals surface area (Å²) in [7, 11) is 0. The van der Waals surface area contributed by atoms with Gasteiger partial charge in [0.15, 0.2) is 5.96 Å². The van der Waals surface area contributed by atoms with Crippen molar-refractivity contribution in [2.75, 3.05) is 32.7 Å². The smallest absolute Gasteiger partial charge is 0.220 e. The average molecular weight is 451 g/mol. The van der Waals surface area contributed by atoms with Gasteiger partial charge in [-0.2, -0.15) is 0 Å². The topological polar surface area (TPSA) is 68.8 Å². The van der Waals surface area contributed by atoms with Crippen molar-refractivity contribution in [2.45, 2.75) is 64.5 Å². The minimum atomic E-state index is 0. The number of likely N-dealkylation sites (tertiary alicyclic amines) is 1. The molecule has 1 saturated carbocycles. The number of likely N-dealkylation sites (N-methyl/N-ethyl adjacent to an activating group) is 1. The number of hydrogen-bond acceptors (Lipinski definition) is 3. The van der Waals surface area contributed by atoms with E-state index in [1.807, 2.05) is 0 Å². The van der Waals surface area contributed by atoms with Crippen molar-refractivity contribution in [2.24, 2.45) is 4.99 Å². The predicted octanol–water partition coefficient (Wildman–Crippen LogP) is 1.70. The van der Waals surface area contributed by atoms with Gasteiger partial charge in [0.1, 0.15) is 0 Å². The number of nitrogens with zero attached hydrogens (tertiary/aromatic N) is 2. The normalized spacial score (nSPS) is 21.2. The van der Waals surface area contributed by atoms with Crippen LogP contribution in [0.5, 0.6) is 0 Å². The molecular weight excluding hydrogens is 417 g/mol. The molecule has 2 aliphatic rings. The number of amides is 1. The minimum Gasteiger partial charge on any atom is -0.357 e. The highest BCUT2D eigenvalue weighted by Crippen LogP contribution is 2.18. The molecule has 1 saturated heterocycles. The Bertz CT molecular complexity index is 400. The van der Waals surface area contributed by atoms with E-state index in [4.69, 9.17) is 4.99 Å². The Balaban J connectivity index is 0.00000288. The van der Waals surface area contributed by atoms with Gasteiger partial charge in [0.25, 0.3) is 0 Å². The van der Waals surface area contributed by atoms with Gasteiger partial charge >= 0.3 is 0 Å². The minimum absolute atomic E-state index is 0. The maximum Gasteiger partial charge on any atom is 0.220 e. The Morgan fingerprint density at radius 2 is 2.00 bits per heavy atom. The first-order valence-corrected chi connectivity index (χ1v) is 9.28. The summed E-state index contributed by atoms with van der Waals surface area (Å²) in [6, 6.07) is 1.04. The molecule has 0 aromatic rings. The van der Waals surface area contributed by atoms with Gasteiger partial charge < -0.3 is 16.0 Å². The van der Waals surface area contributed by atoms with Crippen LogP contribution >= 0.6 is 24.0 Å². The maximum absolute atomic E-state index is 11.6. The zero-order valence-electron chi connectivity index (χ0n) is 15.1. The third-order valence-corrected chi connectivity index (χ3v) is 4.53. The molecule has 140 valence electrons. The average Bonchev–Trinajstić information content (AvgIpc) is 3.23. The lowest BCUT2D eigenvalue weighted by Gasteiger charge is -2.21. The lowest BCUT2D eigenvalue weighted by Crippen LogP contribution is -2.40. The molecule has 1 amide bonds. The van der Waals surface area contributed by atoms with Gasteiger partial charge in [-0.3, -0.25) is 14.7 Å². The summed E-state index contributed by atoms with van der Waals surface area (Å²) < 4.78 is 0. The second-order valence-corrected chi connectivity index (χ2v) is 6.52. The molecule has 0 aromatic heterocycles. The Labute approximate surface area is 163 Å². The molecule has 1 heterocycles. The van der Waals surface area contributed by atoms with E-state index in [1.165, 1.54) is 19.4 Å². The van der Waals surface area contributed by atoms with E-state index in [0.717, 1.165) is 51.4 Å².